The van der Waals surface area contributed by atoms with E-state index in [1.165, 1.54) is 6.07 Å². The van der Waals surface area contributed by atoms with Crippen LogP contribution >= 0.6 is 0 Å². The molecule has 1 amide bonds. The van der Waals surface area contributed by atoms with E-state index < -0.39 is 18.6 Å². The molecule has 23 heavy (non-hydrogen) atoms. The van der Waals surface area contributed by atoms with Crippen molar-refractivity contribution in [3.63, 3.8) is 0 Å². The van der Waals surface area contributed by atoms with Crippen LogP contribution in [0.15, 0.2) is 18.2 Å². The highest BCUT2D eigenvalue weighted by atomic mass is 19.4. The van der Waals surface area contributed by atoms with Crippen molar-refractivity contribution in [1.82, 2.24) is 5.32 Å². The Morgan fingerprint density at radius 3 is 2.83 bits per heavy atom. The predicted molar refractivity (Wildman–Crippen MR) is 76.8 cm³/mol. The summed E-state index contributed by atoms with van der Waals surface area (Å²) in [4.78, 5) is 12.2. The summed E-state index contributed by atoms with van der Waals surface area (Å²) < 4.78 is 54.6. The number of rotatable bonds is 4. The zero-order valence-electron chi connectivity index (χ0n) is 12.5. The molecule has 1 aliphatic heterocycles. The van der Waals surface area contributed by atoms with E-state index in [2.05, 4.69) is 15.4 Å². The summed E-state index contributed by atoms with van der Waals surface area (Å²) in [5, 5.41) is 5.75. The number of hydrogen-bond donors (Lipinski definition) is 2. The lowest BCUT2D eigenvalue weighted by atomic mass is 9.92. The smallest absolute Gasteiger partial charge is 0.422 e. The fourth-order valence-electron chi connectivity index (χ4n) is 2.48. The Kier molecular flexibility index (Phi) is 5.46. The van der Waals surface area contributed by atoms with Gasteiger partial charge in [-0.15, -0.1) is 0 Å². The SMILES string of the molecule is C[C@H]1C[C@@H](C(=O)Nc2ccc(F)cc2OCC(F)(F)F)CCN1. The van der Waals surface area contributed by atoms with Gasteiger partial charge in [-0.25, -0.2) is 4.39 Å². The van der Waals surface area contributed by atoms with E-state index in [-0.39, 0.29) is 29.3 Å². The van der Waals surface area contributed by atoms with Gasteiger partial charge in [0.25, 0.3) is 0 Å². The average molecular weight is 334 g/mol. The van der Waals surface area contributed by atoms with Gasteiger partial charge in [0, 0.05) is 18.0 Å². The van der Waals surface area contributed by atoms with Crippen LogP contribution in [0.4, 0.5) is 23.2 Å². The molecule has 1 fully saturated rings. The van der Waals surface area contributed by atoms with Crippen LogP contribution in [-0.4, -0.2) is 31.3 Å². The number of nitrogens with one attached hydrogen (secondary N) is 2. The van der Waals surface area contributed by atoms with Gasteiger partial charge >= 0.3 is 6.18 Å². The van der Waals surface area contributed by atoms with Crippen molar-refractivity contribution in [1.29, 1.82) is 0 Å². The van der Waals surface area contributed by atoms with Gasteiger partial charge in [0.15, 0.2) is 6.61 Å². The third-order valence-electron chi connectivity index (χ3n) is 3.59. The second-order valence-electron chi connectivity index (χ2n) is 5.61. The average Bonchev–Trinajstić information content (AvgIpc) is 2.46. The van der Waals surface area contributed by atoms with Crippen LogP contribution in [0.1, 0.15) is 19.8 Å². The third kappa shape index (κ3) is 5.38. The summed E-state index contributed by atoms with van der Waals surface area (Å²) in [6.45, 7) is 1.10. The summed E-state index contributed by atoms with van der Waals surface area (Å²) >= 11 is 0. The van der Waals surface area contributed by atoms with Crippen molar-refractivity contribution >= 4 is 11.6 Å². The Balaban J connectivity index is 2.07. The zero-order valence-corrected chi connectivity index (χ0v) is 12.5. The highest BCUT2D eigenvalue weighted by Gasteiger charge is 2.29. The molecule has 128 valence electrons. The highest BCUT2D eigenvalue weighted by Crippen LogP contribution is 2.29. The molecule has 0 spiro atoms. The Bertz CT molecular complexity index is 563. The van der Waals surface area contributed by atoms with Crippen LogP contribution in [-0.2, 0) is 4.79 Å². The first-order valence-corrected chi connectivity index (χ1v) is 7.28. The van der Waals surface area contributed by atoms with Crippen molar-refractivity contribution in [3.8, 4) is 5.75 Å². The number of ether oxygens (including phenoxy) is 1. The van der Waals surface area contributed by atoms with Crippen molar-refractivity contribution < 1.29 is 27.1 Å². The van der Waals surface area contributed by atoms with Crippen LogP contribution in [0.3, 0.4) is 0 Å². The second-order valence-corrected chi connectivity index (χ2v) is 5.61. The monoisotopic (exact) mass is 334 g/mol. The molecule has 4 nitrogen and oxygen atoms in total. The van der Waals surface area contributed by atoms with Gasteiger partial charge in [-0.1, -0.05) is 0 Å². The van der Waals surface area contributed by atoms with Crippen LogP contribution < -0.4 is 15.4 Å². The molecule has 0 radical (unpaired) electrons. The van der Waals surface area contributed by atoms with E-state index >= 15 is 0 Å². The molecule has 0 saturated carbocycles. The second kappa shape index (κ2) is 7.16. The maximum atomic E-state index is 13.2. The Morgan fingerprint density at radius 2 is 2.17 bits per heavy atom. The van der Waals surface area contributed by atoms with Crippen molar-refractivity contribution in [2.24, 2.45) is 5.92 Å². The Morgan fingerprint density at radius 1 is 1.43 bits per heavy atom. The fourth-order valence-corrected chi connectivity index (χ4v) is 2.48. The minimum absolute atomic E-state index is 0.0341. The zero-order chi connectivity index (χ0) is 17.0. The van der Waals surface area contributed by atoms with E-state index in [1.54, 1.807) is 0 Å². The fraction of sp³-hybridized carbons (Fsp3) is 0.533. The van der Waals surface area contributed by atoms with Crippen LogP contribution in [0.25, 0.3) is 0 Å². The van der Waals surface area contributed by atoms with Gasteiger partial charge in [0.1, 0.15) is 11.6 Å². The molecule has 1 aromatic carbocycles. The number of halogens is 4. The summed E-state index contributed by atoms with van der Waals surface area (Å²) in [5.74, 6) is -1.62. The predicted octanol–water partition coefficient (Wildman–Crippen LogP) is 3.09. The first-order chi connectivity index (χ1) is 10.7. The number of amides is 1. The van der Waals surface area contributed by atoms with E-state index in [1.807, 2.05) is 6.92 Å². The third-order valence-corrected chi connectivity index (χ3v) is 3.59. The van der Waals surface area contributed by atoms with Gasteiger partial charge in [0.2, 0.25) is 5.91 Å². The van der Waals surface area contributed by atoms with E-state index in [4.69, 9.17) is 0 Å². The molecule has 0 aliphatic carbocycles. The molecule has 0 bridgehead atoms. The summed E-state index contributed by atoms with van der Waals surface area (Å²) in [6.07, 6.45) is -3.28. The van der Waals surface area contributed by atoms with Gasteiger partial charge < -0.3 is 15.4 Å². The Labute approximate surface area is 131 Å². The van der Waals surface area contributed by atoms with Crippen LogP contribution in [0.2, 0.25) is 0 Å². The molecule has 2 N–H and O–H groups in total. The van der Waals surface area contributed by atoms with Crippen molar-refractivity contribution in [3.05, 3.63) is 24.0 Å². The van der Waals surface area contributed by atoms with Gasteiger partial charge in [0.05, 0.1) is 5.69 Å². The summed E-state index contributed by atoms with van der Waals surface area (Å²) in [7, 11) is 0. The number of anilines is 1. The molecular weight excluding hydrogens is 316 g/mol. The molecule has 1 heterocycles. The lowest BCUT2D eigenvalue weighted by Gasteiger charge is -2.27. The van der Waals surface area contributed by atoms with Gasteiger partial charge in [-0.05, 0) is 38.4 Å². The van der Waals surface area contributed by atoms with Crippen molar-refractivity contribution in [2.45, 2.75) is 32.0 Å². The van der Waals surface area contributed by atoms with E-state index in [0.29, 0.717) is 19.4 Å². The molecule has 0 aromatic heterocycles. The highest BCUT2D eigenvalue weighted by molar-refractivity contribution is 5.94. The molecule has 8 heteroatoms. The van der Waals surface area contributed by atoms with E-state index in [0.717, 1.165) is 12.1 Å². The standard InChI is InChI=1S/C15H18F4N2O2/c1-9-6-10(4-5-20-9)14(22)21-12-3-2-11(16)7-13(12)23-8-15(17,18)19/h2-3,7,9-10,20H,4-6,8H2,1H3,(H,21,22)/t9-,10-/m0/s1. The molecule has 1 saturated heterocycles. The lowest BCUT2D eigenvalue weighted by Crippen LogP contribution is -2.40. The number of benzene rings is 1. The maximum absolute atomic E-state index is 13.2. The first-order valence-electron chi connectivity index (χ1n) is 7.28. The minimum Gasteiger partial charge on any atom is -0.482 e. The topological polar surface area (TPSA) is 50.4 Å². The van der Waals surface area contributed by atoms with E-state index in [9.17, 15) is 22.4 Å². The maximum Gasteiger partial charge on any atom is 0.422 e. The largest absolute Gasteiger partial charge is 0.482 e. The van der Waals surface area contributed by atoms with Crippen LogP contribution in [0.5, 0.6) is 5.75 Å². The number of hydrogen-bond acceptors (Lipinski definition) is 3. The molecule has 0 unspecified atom stereocenters. The normalized spacial score (nSPS) is 21.8. The number of piperidine rings is 1. The van der Waals surface area contributed by atoms with Crippen LogP contribution in [0, 0.1) is 11.7 Å². The molecule has 2 atom stereocenters. The lowest BCUT2D eigenvalue weighted by molar-refractivity contribution is -0.153. The number of carbonyl (C=O) groups is 1. The molecule has 2 rings (SSSR count). The summed E-state index contributed by atoms with van der Waals surface area (Å²) in [6, 6.07) is 3.27. The summed E-state index contributed by atoms with van der Waals surface area (Å²) in [5.41, 5.74) is 0.0341. The quantitative estimate of drug-likeness (QED) is 0.832. The molecule has 1 aliphatic rings. The van der Waals surface area contributed by atoms with Crippen molar-refractivity contribution in [2.75, 3.05) is 18.5 Å². The number of alkyl halides is 3. The van der Waals surface area contributed by atoms with Gasteiger partial charge in [-0.2, -0.15) is 13.2 Å². The van der Waals surface area contributed by atoms with Gasteiger partial charge in [-0.3, -0.25) is 4.79 Å². The minimum atomic E-state index is -4.54. The number of carbonyl (C=O) groups excluding carboxylic acids is 1. The Hall–Kier alpha value is -1.83. The molecular formula is C15H18F4N2O2. The first kappa shape index (κ1) is 17.5. The molecule has 1 aromatic rings.